The topological polar surface area (TPSA) is 86.6 Å². The zero-order valence-corrected chi connectivity index (χ0v) is 16.8. The summed E-state index contributed by atoms with van der Waals surface area (Å²) in [5.74, 6) is 1.75. The molecule has 1 aliphatic rings. The zero-order valence-electron chi connectivity index (χ0n) is 15.9. The van der Waals surface area contributed by atoms with Gasteiger partial charge in [-0.15, -0.1) is 11.3 Å². The van der Waals surface area contributed by atoms with Crippen LogP contribution >= 0.6 is 11.3 Å². The maximum absolute atomic E-state index is 6.33. The molecular weight excluding hydrogens is 396 g/mol. The third-order valence-electron chi connectivity index (χ3n) is 5.23. The van der Waals surface area contributed by atoms with Crippen LogP contribution in [-0.4, -0.2) is 29.9 Å². The summed E-state index contributed by atoms with van der Waals surface area (Å²) in [5.41, 5.74) is 3.55. The van der Waals surface area contributed by atoms with Crippen LogP contribution in [0.3, 0.4) is 0 Å². The van der Waals surface area contributed by atoms with E-state index in [0.717, 1.165) is 34.1 Å². The highest BCUT2D eigenvalue weighted by Gasteiger charge is 2.23. The number of benzene rings is 1. The molecule has 1 aliphatic carbocycles. The molecule has 1 aromatic carbocycles. The molecule has 0 saturated carbocycles. The van der Waals surface area contributed by atoms with E-state index in [9.17, 15) is 0 Å². The van der Waals surface area contributed by atoms with E-state index in [0.29, 0.717) is 23.1 Å². The summed E-state index contributed by atoms with van der Waals surface area (Å²) >= 11 is 1.73. The van der Waals surface area contributed by atoms with Crippen molar-refractivity contribution in [2.45, 2.75) is 25.7 Å². The van der Waals surface area contributed by atoms with Crippen molar-refractivity contribution in [3.8, 4) is 23.1 Å². The lowest BCUT2D eigenvalue weighted by atomic mass is 9.97. The Kier molecular flexibility index (Phi) is 4.09. The van der Waals surface area contributed by atoms with E-state index in [2.05, 4.69) is 19.9 Å². The van der Waals surface area contributed by atoms with Crippen molar-refractivity contribution in [3.63, 3.8) is 0 Å². The molecule has 6 rings (SSSR count). The SMILES string of the molecule is c1cnc(-c2nc(Oc3ccc4nccnc4c3)c3c4c(sc3n2)CCCC4)cn1. The van der Waals surface area contributed by atoms with E-state index in [-0.39, 0.29) is 0 Å². The van der Waals surface area contributed by atoms with Gasteiger partial charge in [-0.05, 0) is 43.4 Å². The number of aromatic nitrogens is 6. The van der Waals surface area contributed by atoms with Gasteiger partial charge in [-0.25, -0.2) is 9.97 Å². The molecule has 5 aromatic rings. The molecular formula is C22H16N6OS. The average Bonchev–Trinajstić information content (AvgIpc) is 3.18. The van der Waals surface area contributed by atoms with E-state index in [1.165, 1.54) is 23.3 Å². The molecule has 0 atom stereocenters. The molecule has 8 heteroatoms. The van der Waals surface area contributed by atoms with Crippen LogP contribution in [0, 0.1) is 0 Å². The molecule has 4 heterocycles. The number of thiophene rings is 1. The second-order valence-corrected chi connectivity index (χ2v) is 8.23. The Balaban J connectivity index is 1.53. The van der Waals surface area contributed by atoms with Crippen LogP contribution in [0.1, 0.15) is 23.3 Å². The summed E-state index contributed by atoms with van der Waals surface area (Å²) in [4.78, 5) is 29.1. The number of aryl methyl sites for hydroxylation is 2. The summed E-state index contributed by atoms with van der Waals surface area (Å²) in [7, 11) is 0. The first-order valence-corrected chi connectivity index (χ1v) is 10.6. The van der Waals surface area contributed by atoms with Gasteiger partial charge in [0.15, 0.2) is 5.82 Å². The summed E-state index contributed by atoms with van der Waals surface area (Å²) in [6.45, 7) is 0. The maximum Gasteiger partial charge on any atom is 0.231 e. The van der Waals surface area contributed by atoms with Crippen molar-refractivity contribution in [1.82, 2.24) is 29.9 Å². The summed E-state index contributed by atoms with van der Waals surface area (Å²) in [6.07, 6.45) is 12.8. The molecule has 0 bridgehead atoms. The second-order valence-electron chi connectivity index (χ2n) is 7.14. The Hall–Kier alpha value is -3.52. The van der Waals surface area contributed by atoms with E-state index in [1.807, 2.05) is 18.2 Å². The van der Waals surface area contributed by atoms with Gasteiger partial charge in [0, 0.05) is 35.7 Å². The minimum atomic E-state index is 0.518. The summed E-state index contributed by atoms with van der Waals surface area (Å²) < 4.78 is 6.33. The highest BCUT2D eigenvalue weighted by molar-refractivity contribution is 7.18. The standard InChI is InChI=1S/C22H16N6OS/c1-2-4-18-14(3-1)19-21(29-13-5-6-15-16(11-13)25-10-9-24-15)27-20(28-22(19)30-18)17-12-23-7-8-26-17/h5-12H,1-4H2. The van der Waals surface area contributed by atoms with Crippen molar-refractivity contribution in [3.05, 3.63) is 59.6 Å². The van der Waals surface area contributed by atoms with Crippen LogP contribution in [0.25, 0.3) is 32.8 Å². The fourth-order valence-corrected chi connectivity index (χ4v) is 5.10. The fourth-order valence-electron chi connectivity index (χ4n) is 3.85. The summed E-state index contributed by atoms with van der Waals surface area (Å²) in [5, 5.41) is 1.02. The van der Waals surface area contributed by atoms with Gasteiger partial charge in [-0.3, -0.25) is 15.0 Å². The smallest absolute Gasteiger partial charge is 0.231 e. The minimum Gasteiger partial charge on any atom is -0.438 e. The van der Waals surface area contributed by atoms with Gasteiger partial charge < -0.3 is 4.74 Å². The Labute approximate surface area is 175 Å². The van der Waals surface area contributed by atoms with Crippen molar-refractivity contribution in [1.29, 1.82) is 0 Å². The first kappa shape index (κ1) is 17.3. The number of fused-ring (bicyclic) bond motifs is 4. The Morgan fingerprint density at radius 3 is 2.63 bits per heavy atom. The molecule has 0 spiro atoms. The van der Waals surface area contributed by atoms with Crippen LogP contribution in [0.2, 0.25) is 0 Å². The van der Waals surface area contributed by atoms with E-state index >= 15 is 0 Å². The quantitative estimate of drug-likeness (QED) is 0.422. The lowest BCUT2D eigenvalue weighted by molar-refractivity contribution is 0.469. The van der Waals surface area contributed by atoms with Gasteiger partial charge in [-0.1, -0.05) is 0 Å². The summed E-state index contributed by atoms with van der Waals surface area (Å²) in [6, 6.07) is 5.69. The number of hydrogen-bond donors (Lipinski definition) is 0. The highest BCUT2D eigenvalue weighted by Crippen LogP contribution is 2.41. The lowest BCUT2D eigenvalue weighted by Gasteiger charge is -2.13. The number of ether oxygens (including phenoxy) is 1. The minimum absolute atomic E-state index is 0.518. The molecule has 7 nitrogen and oxygen atoms in total. The zero-order chi connectivity index (χ0) is 19.9. The third-order valence-corrected chi connectivity index (χ3v) is 6.41. The number of rotatable bonds is 3. The molecule has 0 fully saturated rings. The van der Waals surface area contributed by atoms with Gasteiger partial charge in [0.05, 0.1) is 22.6 Å². The van der Waals surface area contributed by atoms with Crippen LogP contribution in [0.15, 0.2) is 49.2 Å². The predicted molar refractivity (Wildman–Crippen MR) is 115 cm³/mol. The van der Waals surface area contributed by atoms with Crippen LogP contribution < -0.4 is 4.74 Å². The molecule has 0 aliphatic heterocycles. The second kappa shape index (κ2) is 7.07. The number of nitrogens with zero attached hydrogens (tertiary/aromatic N) is 6. The van der Waals surface area contributed by atoms with Gasteiger partial charge in [0.1, 0.15) is 16.3 Å². The molecule has 0 saturated heterocycles. The molecule has 4 aromatic heterocycles. The molecule has 0 unspecified atom stereocenters. The molecule has 0 radical (unpaired) electrons. The number of hydrogen-bond acceptors (Lipinski definition) is 8. The van der Waals surface area contributed by atoms with Crippen molar-refractivity contribution >= 4 is 32.6 Å². The Morgan fingerprint density at radius 2 is 1.73 bits per heavy atom. The molecule has 30 heavy (non-hydrogen) atoms. The lowest BCUT2D eigenvalue weighted by Crippen LogP contribution is -2.01. The van der Waals surface area contributed by atoms with Crippen LogP contribution in [0.4, 0.5) is 0 Å². The largest absolute Gasteiger partial charge is 0.438 e. The van der Waals surface area contributed by atoms with Crippen molar-refractivity contribution in [2.24, 2.45) is 0 Å². The monoisotopic (exact) mass is 412 g/mol. The van der Waals surface area contributed by atoms with Crippen molar-refractivity contribution in [2.75, 3.05) is 0 Å². The maximum atomic E-state index is 6.33. The fraction of sp³-hybridized carbons (Fsp3) is 0.182. The van der Waals surface area contributed by atoms with Gasteiger partial charge in [-0.2, -0.15) is 4.98 Å². The van der Waals surface area contributed by atoms with Gasteiger partial charge in [0.2, 0.25) is 5.88 Å². The van der Waals surface area contributed by atoms with Gasteiger partial charge in [0.25, 0.3) is 0 Å². The highest BCUT2D eigenvalue weighted by atomic mass is 32.1. The van der Waals surface area contributed by atoms with E-state index in [4.69, 9.17) is 14.7 Å². The normalized spacial score (nSPS) is 13.5. The van der Waals surface area contributed by atoms with E-state index < -0.39 is 0 Å². The Morgan fingerprint density at radius 1 is 0.867 bits per heavy atom. The van der Waals surface area contributed by atoms with Crippen LogP contribution in [0.5, 0.6) is 11.6 Å². The average molecular weight is 412 g/mol. The van der Waals surface area contributed by atoms with Gasteiger partial charge >= 0.3 is 0 Å². The predicted octanol–water partition coefficient (Wildman–Crippen LogP) is 4.76. The first-order valence-electron chi connectivity index (χ1n) is 9.82. The van der Waals surface area contributed by atoms with Crippen molar-refractivity contribution < 1.29 is 4.74 Å². The molecule has 146 valence electrons. The van der Waals surface area contributed by atoms with E-state index in [1.54, 1.807) is 42.3 Å². The molecule has 0 amide bonds. The Bertz CT molecular complexity index is 1390. The molecule has 0 N–H and O–H groups in total. The third kappa shape index (κ3) is 2.96. The van der Waals surface area contributed by atoms with Crippen LogP contribution in [-0.2, 0) is 12.8 Å². The first-order chi connectivity index (χ1) is 14.8.